The van der Waals surface area contributed by atoms with Gasteiger partial charge in [-0.25, -0.2) is 0 Å². The molecule has 0 amide bonds. The van der Waals surface area contributed by atoms with Gasteiger partial charge in [-0.15, -0.1) is 12.4 Å². The van der Waals surface area contributed by atoms with Crippen LogP contribution in [0.15, 0.2) is 48.5 Å². The van der Waals surface area contributed by atoms with Crippen molar-refractivity contribution in [2.75, 3.05) is 31.1 Å². The molecule has 4 rings (SSSR count). The van der Waals surface area contributed by atoms with E-state index in [1.54, 1.807) is 6.07 Å². The van der Waals surface area contributed by atoms with Crippen molar-refractivity contribution < 1.29 is 18.3 Å². The van der Waals surface area contributed by atoms with Crippen LogP contribution in [0.2, 0.25) is 0 Å². The van der Waals surface area contributed by atoms with Crippen LogP contribution in [0.5, 0.6) is 11.5 Å². The molecule has 0 spiro atoms. The second kappa shape index (κ2) is 10.1. The lowest BCUT2D eigenvalue weighted by Crippen LogP contribution is -2.51. The Labute approximate surface area is 176 Å². The van der Waals surface area contributed by atoms with Crippen LogP contribution < -0.4 is 19.7 Å². The highest BCUT2D eigenvalue weighted by Crippen LogP contribution is 2.36. The monoisotopic (exact) mass is 424 g/mol. The second-order valence-corrected chi connectivity index (χ2v) is 7.55. The van der Waals surface area contributed by atoms with E-state index in [-0.39, 0.29) is 18.2 Å². The van der Waals surface area contributed by atoms with Gasteiger partial charge >= 0.3 is 6.61 Å². The van der Waals surface area contributed by atoms with Crippen LogP contribution in [-0.4, -0.2) is 38.9 Å². The summed E-state index contributed by atoms with van der Waals surface area (Å²) in [5.74, 6) is 1.05. The van der Waals surface area contributed by atoms with Crippen LogP contribution in [0.3, 0.4) is 0 Å². The molecule has 0 aromatic heterocycles. The lowest BCUT2D eigenvalue weighted by Gasteiger charge is -2.35. The number of benzene rings is 2. The number of anilines is 1. The van der Waals surface area contributed by atoms with Crippen molar-refractivity contribution in [2.24, 2.45) is 5.92 Å². The van der Waals surface area contributed by atoms with Crippen molar-refractivity contribution >= 4 is 18.1 Å². The fourth-order valence-corrected chi connectivity index (χ4v) is 3.59. The van der Waals surface area contributed by atoms with Gasteiger partial charge in [-0.3, -0.25) is 0 Å². The van der Waals surface area contributed by atoms with Gasteiger partial charge < -0.3 is 19.7 Å². The molecule has 2 aliphatic rings. The maximum Gasteiger partial charge on any atom is 0.387 e. The van der Waals surface area contributed by atoms with Crippen LogP contribution in [0.4, 0.5) is 14.5 Å². The zero-order chi connectivity index (χ0) is 19.3. The maximum atomic E-state index is 12.7. The molecule has 1 atom stereocenters. The van der Waals surface area contributed by atoms with E-state index >= 15 is 0 Å². The van der Waals surface area contributed by atoms with Gasteiger partial charge in [0.1, 0.15) is 0 Å². The number of rotatable bonds is 8. The van der Waals surface area contributed by atoms with Crippen molar-refractivity contribution in [1.82, 2.24) is 5.32 Å². The highest BCUT2D eigenvalue weighted by Gasteiger charge is 2.24. The molecule has 4 nitrogen and oxygen atoms in total. The molecule has 1 saturated carbocycles. The molecule has 1 saturated heterocycles. The average molecular weight is 425 g/mol. The Morgan fingerprint density at radius 3 is 2.59 bits per heavy atom. The first-order valence-electron chi connectivity index (χ1n) is 9.91. The van der Waals surface area contributed by atoms with E-state index in [1.165, 1.54) is 5.56 Å². The largest absolute Gasteiger partial charge is 0.489 e. The van der Waals surface area contributed by atoms with E-state index in [9.17, 15) is 8.78 Å². The molecule has 2 aromatic carbocycles. The molecule has 0 unspecified atom stereocenters. The number of nitrogens with one attached hydrogen (secondary N) is 1. The molecular weight excluding hydrogens is 398 g/mol. The number of piperazine rings is 1. The third-order valence-corrected chi connectivity index (χ3v) is 5.26. The molecule has 1 aliphatic carbocycles. The summed E-state index contributed by atoms with van der Waals surface area (Å²) < 4.78 is 35.9. The van der Waals surface area contributed by atoms with Gasteiger partial charge in [-0.05, 0) is 42.9 Å². The highest BCUT2D eigenvalue weighted by molar-refractivity contribution is 5.85. The molecule has 0 radical (unpaired) electrons. The van der Waals surface area contributed by atoms with Crippen molar-refractivity contribution in [3.8, 4) is 11.5 Å². The minimum atomic E-state index is -2.86. The molecule has 29 heavy (non-hydrogen) atoms. The number of alkyl halides is 2. The summed E-state index contributed by atoms with van der Waals surface area (Å²) in [4.78, 5) is 2.28. The quantitative estimate of drug-likeness (QED) is 0.675. The Balaban J connectivity index is 0.00000240. The van der Waals surface area contributed by atoms with Crippen molar-refractivity contribution in [3.63, 3.8) is 0 Å². The zero-order valence-electron chi connectivity index (χ0n) is 16.2. The minimum Gasteiger partial charge on any atom is -0.489 e. The van der Waals surface area contributed by atoms with Crippen LogP contribution in [-0.2, 0) is 6.42 Å². The summed E-state index contributed by atoms with van der Waals surface area (Å²) >= 11 is 0. The number of hydrogen-bond donors (Lipinski definition) is 1. The number of hydrogen-bond acceptors (Lipinski definition) is 4. The highest BCUT2D eigenvalue weighted by atomic mass is 35.5. The Bertz CT molecular complexity index is 775. The molecule has 0 bridgehead atoms. The van der Waals surface area contributed by atoms with Gasteiger partial charge in [-0.2, -0.15) is 8.78 Å². The number of ether oxygens (including phenoxy) is 2. The molecule has 1 heterocycles. The third-order valence-electron chi connectivity index (χ3n) is 5.26. The van der Waals surface area contributed by atoms with E-state index in [2.05, 4.69) is 39.2 Å². The fourth-order valence-electron chi connectivity index (χ4n) is 3.59. The van der Waals surface area contributed by atoms with Gasteiger partial charge in [0.15, 0.2) is 11.5 Å². The molecule has 158 valence electrons. The summed E-state index contributed by atoms with van der Waals surface area (Å²) in [6.45, 7) is 0.296. The Kier molecular flexibility index (Phi) is 7.56. The standard InChI is InChI=1S/C22H26F2N2O2.ClH/c23-22(24)28-20-9-8-19(13-21(20)27-15-17-6-7-17)26-11-10-25-18(14-26)12-16-4-2-1-3-5-16;/h1-5,8-9,13,17-18,22,25H,6-7,10-12,14-15H2;1H/t18-;/m0./s1. The average Bonchev–Trinajstić information content (AvgIpc) is 3.52. The first-order chi connectivity index (χ1) is 13.7. The third kappa shape index (κ3) is 6.21. The van der Waals surface area contributed by atoms with E-state index in [4.69, 9.17) is 4.74 Å². The summed E-state index contributed by atoms with van der Waals surface area (Å²) in [7, 11) is 0. The molecule has 1 N–H and O–H groups in total. The van der Waals surface area contributed by atoms with Crippen LogP contribution in [0, 0.1) is 5.92 Å². The van der Waals surface area contributed by atoms with Gasteiger partial charge in [0.05, 0.1) is 6.61 Å². The van der Waals surface area contributed by atoms with Crippen molar-refractivity contribution in [1.29, 1.82) is 0 Å². The smallest absolute Gasteiger partial charge is 0.387 e. The van der Waals surface area contributed by atoms with E-state index in [0.717, 1.165) is 44.6 Å². The molecule has 7 heteroatoms. The predicted molar refractivity (Wildman–Crippen MR) is 113 cm³/mol. The van der Waals surface area contributed by atoms with Crippen LogP contribution >= 0.6 is 12.4 Å². The van der Waals surface area contributed by atoms with Crippen LogP contribution in [0.1, 0.15) is 18.4 Å². The predicted octanol–water partition coefficient (Wildman–Crippen LogP) is 4.52. The molecule has 2 fully saturated rings. The lowest BCUT2D eigenvalue weighted by molar-refractivity contribution is -0.0515. The Morgan fingerprint density at radius 2 is 1.86 bits per heavy atom. The van der Waals surface area contributed by atoms with E-state index in [1.807, 2.05) is 18.2 Å². The van der Waals surface area contributed by atoms with Gasteiger partial charge in [0, 0.05) is 37.4 Å². The van der Waals surface area contributed by atoms with Crippen LogP contribution in [0.25, 0.3) is 0 Å². The Morgan fingerprint density at radius 1 is 1.07 bits per heavy atom. The normalized spacial score (nSPS) is 19.0. The number of nitrogens with zero attached hydrogens (tertiary/aromatic N) is 1. The summed E-state index contributed by atoms with van der Waals surface area (Å²) in [6.07, 6.45) is 3.24. The fraction of sp³-hybridized carbons (Fsp3) is 0.455. The van der Waals surface area contributed by atoms with E-state index in [0.29, 0.717) is 24.3 Å². The minimum absolute atomic E-state index is 0. The SMILES string of the molecule is Cl.FC(F)Oc1ccc(N2CCN[C@@H](Cc3ccccc3)C2)cc1OCC1CC1. The maximum absolute atomic E-state index is 12.7. The molecule has 1 aliphatic heterocycles. The molecular formula is C22H27ClF2N2O2. The topological polar surface area (TPSA) is 33.7 Å². The first-order valence-corrected chi connectivity index (χ1v) is 9.91. The summed E-state index contributed by atoms with van der Waals surface area (Å²) in [5, 5.41) is 3.57. The second-order valence-electron chi connectivity index (χ2n) is 7.55. The summed E-state index contributed by atoms with van der Waals surface area (Å²) in [6, 6.07) is 16.0. The Hall–Kier alpha value is -2.05. The van der Waals surface area contributed by atoms with Crippen molar-refractivity contribution in [3.05, 3.63) is 54.1 Å². The van der Waals surface area contributed by atoms with E-state index < -0.39 is 6.61 Å². The van der Waals surface area contributed by atoms with Gasteiger partial charge in [0.2, 0.25) is 0 Å². The van der Waals surface area contributed by atoms with Crippen molar-refractivity contribution in [2.45, 2.75) is 31.9 Å². The first kappa shape index (κ1) is 21.7. The van der Waals surface area contributed by atoms with Gasteiger partial charge in [-0.1, -0.05) is 30.3 Å². The molecule has 2 aromatic rings. The number of halogens is 3. The summed E-state index contributed by atoms with van der Waals surface area (Å²) in [5.41, 5.74) is 2.28. The zero-order valence-corrected chi connectivity index (χ0v) is 17.0. The lowest BCUT2D eigenvalue weighted by atomic mass is 10.0. The van der Waals surface area contributed by atoms with Gasteiger partial charge in [0.25, 0.3) is 0 Å².